The second-order valence-electron chi connectivity index (χ2n) is 5.61. The first kappa shape index (κ1) is 17.0. The Morgan fingerprint density at radius 1 is 1.35 bits per heavy atom. The molecule has 0 radical (unpaired) electrons. The third kappa shape index (κ3) is 4.20. The van der Waals surface area contributed by atoms with Crippen LogP contribution in [-0.2, 0) is 4.79 Å². The summed E-state index contributed by atoms with van der Waals surface area (Å²) in [4.78, 5) is 14.2. The number of aryl methyl sites for hydroxylation is 3. The van der Waals surface area contributed by atoms with Gasteiger partial charge in [-0.2, -0.15) is 0 Å². The van der Waals surface area contributed by atoms with Crippen LogP contribution >= 0.6 is 12.4 Å². The fourth-order valence-electron chi connectivity index (χ4n) is 2.77. The second kappa shape index (κ2) is 7.07. The van der Waals surface area contributed by atoms with Crippen molar-refractivity contribution in [3.05, 3.63) is 28.8 Å². The zero-order chi connectivity index (χ0) is 14.0. The third-order valence-corrected chi connectivity index (χ3v) is 3.62. The molecule has 2 rings (SSSR count). The summed E-state index contributed by atoms with van der Waals surface area (Å²) in [5.41, 5.74) is 10.2. The van der Waals surface area contributed by atoms with E-state index in [4.69, 9.17) is 5.73 Å². The average molecular weight is 298 g/mol. The normalized spacial score (nSPS) is 18.7. The summed E-state index contributed by atoms with van der Waals surface area (Å²) < 4.78 is 0. The van der Waals surface area contributed by atoms with Gasteiger partial charge in [-0.25, -0.2) is 0 Å². The number of benzene rings is 1. The minimum atomic E-state index is 0. The van der Waals surface area contributed by atoms with E-state index in [1.165, 1.54) is 5.56 Å². The predicted molar refractivity (Wildman–Crippen MR) is 85.6 cm³/mol. The van der Waals surface area contributed by atoms with E-state index in [0.717, 1.165) is 36.3 Å². The van der Waals surface area contributed by atoms with Crippen LogP contribution in [0.15, 0.2) is 12.1 Å². The molecule has 1 saturated heterocycles. The Hall–Kier alpha value is -1.10. The number of carbonyl (C=O) groups is 1. The molecule has 1 atom stereocenters. The Morgan fingerprint density at radius 2 is 1.95 bits per heavy atom. The van der Waals surface area contributed by atoms with Crippen LogP contribution in [0, 0.1) is 20.8 Å². The Bertz CT molecular complexity index is 467. The Labute approximate surface area is 127 Å². The minimum absolute atomic E-state index is 0. The van der Waals surface area contributed by atoms with E-state index in [-0.39, 0.29) is 24.4 Å². The van der Waals surface area contributed by atoms with Gasteiger partial charge in [-0.15, -0.1) is 12.4 Å². The van der Waals surface area contributed by atoms with Gasteiger partial charge in [0, 0.05) is 24.8 Å². The van der Waals surface area contributed by atoms with Gasteiger partial charge in [-0.05, 0) is 38.3 Å². The molecule has 0 aliphatic carbocycles. The molecule has 3 N–H and O–H groups in total. The zero-order valence-electron chi connectivity index (χ0n) is 12.4. The van der Waals surface area contributed by atoms with E-state index in [0.29, 0.717) is 6.54 Å². The van der Waals surface area contributed by atoms with Gasteiger partial charge in [-0.3, -0.25) is 9.69 Å². The minimum Gasteiger partial charge on any atom is -0.326 e. The molecule has 0 saturated carbocycles. The van der Waals surface area contributed by atoms with Crippen LogP contribution in [-0.4, -0.2) is 36.5 Å². The topological polar surface area (TPSA) is 58.4 Å². The van der Waals surface area contributed by atoms with Crippen LogP contribution in [0.4, 0.5) is 5.69 Å². The summed E-state index contributed by atoms with van der Waals surface area (Å²) in [5, 5.41) is 3.03. The van der Waals surface area contributed by atoms with Crippen LogP contribution in [0.25, 0.3) is 0 Å². The van der Waals surface area contributed by atoms with Crippen LogP contribution in [0.3, 0.4) is 0 Å². The van der Waals surface area contributed by atoms with Crippen molar-refractivity contribution in [3.63, 3.8) is 0 Å². The number of rotatable bonds is 3. The van der Waals surface area contributed by atoms with E-state index in [2.05, 4.69) is 29.3 Å². The fraction of sp³-hybridized carbons (Fsp3) is 0.533. The van der Waals surface area contributed by atoms with Gasteiger partial charge >= 0.3 is 0 Å². The molecule has 1 aliphatic heterocycles. The third-order valence-electron chi connectivity index (χ3n) is 3.62. The molecule has 1 heterocycles. The van der Waals surface area contributed by atoms with Crippen molar-refractivity contribution in [1.82, 2.24) is 4.90 Å². The lowest BCUT2D eigenvalue weighted by Crippen LogP contribution is -2.34. The quantitative estimate of drug-likeness (QED) is 0.897. The standard InChI is InChI=1S/C15H23N3O.ClH/c1-10-6-11(2)15(12(3)7-10)17-14(19)9-18-5-4-13(16)8-18;/h6-7,13H,4-5,8-9,16H2,1-3H3,(H,17,19);1H. The second-order valence-corrected chi connectivity index (χ2v) is 5.61. The number of hydrogen-bond acceptors (Lipinski definition) is 3. The van der Waals surface area contributed by atoms with E-state index in [1.807, 2.05) is 13.8 Å². The summed E-state index contributed by atoms with van der Waals surface area (Å²) in [6.45, 7) is 8.29. The first-order valence-electron chi connectivity index (χ1n) is 6.81. The number of carbonyl (C=O) groups excluding carboxylic acids is 1. The predicted octanol–water partition coefficient (Wildman–Crippen LogP) is 2.01. The molecule has 1 aliphatic rings. The van der Waals surface area contributed by atoms with E-state index < -0.39 is 0 Å². The molecule has 0 spiro atoms. The Kier molecular flexibility index (Phi) is 5.99. The number of amides is 1. The monoisotopic (exact) mass is 297 g/mol. The van der Waals surface area contributed by atoms with Crippen molar-refractivity contribution in [2.24, 2.45) is 5.73 Å². The van der Waals surface area contributed by atoms with Gasteiger partial charge in [-0.1, -0.05) is 17.7 Å². The summed E-state index contributed by atoms with van der Waals surface area (Å²) >= 11 is 0. The smallest absolute Gasteiger partial charge is 0.238 e. The summed E-state index contributed by atoms with van der Waals surface area (Å²) in [7, 11) is 0. The number of hydrogen-bond donors (Lipinski definition) is 2. The van der Waals surface area contributed by atoms with Gasteiger partial charge < -0.3 is 11.1 Å². The van der Waals surface area contributed by atoms with Gasteiger partial charge in [0.2, 0.25) is 5.91 Å². The van der Waals surface area contributed by atoms with Crippen LogP contribution in [0.5, 0.6) is 0 Å². The molecule has 5 heteroatoms. The highest BCUT2D eigenvalue weighted by Crippen LogP contribution is 2.22. The lowest BCUT2D eigenvalue weighted by atomic mass is 10.1. The number of nitrogens with one attached hydrogen (secondary N) is 1. The largest absolute Gasteiger partial charge is 0.326 e. The number of anilines is 1. The molecule has 0 bridgehead atoms. The molecule has 1 fully saturated rings. The summed E-state index contributed by atoms with van der Waals surface area (Å²) in [6, 6.07) is 4.40. The molecule has 4 nitrogen and oxygen atoms in total. The molecule has 1 aromatic rings. The Morgan fingerprint density at radius 3 is 2.45 bits per heavy atom. The fourth-order valence-corrected chi connectivity index (χ4v) is 2.77. The van der Waals surface area contributed by atoms with E-state index in [1.54, 1.807) is 0 Å². The highest BCUT2D eigenvalue weighted by atomic mass is 35.5. The van der Waals surface area contributed by atoms with Gasteiger partial charge in [0.25, 0.3) is 0 Å². The maximum absolute atomic E-state index is 12.1. The number of likely N-dealkylation sites (tertiary alicyclic amines) is 1. The molecule has 1 aromatic carbocycles. The molecule has 1 unspecified atom stereocenters. The number of nitrogens with two attached hydrogens (primary N) is 1. The lowest BCUT2D eigenvalue weighted by Gasteiger charge is -2.17. The first-order valence-corrected chi connectivity index (χ1v) is 6.81. The van der Waals surface area contributed by atoms with Gasteiger partial charge in [0.15, 0.2) is 0 Å². The van der Waals surface area contributed by atoms with Gasteiger partial charge in [0.05, 0.1) is 6.54 Å². The van der Waals surface area contributed by atoms with Crippen LogP contribution in [0.2, 0.25) is 0 Å². The van der Waals surface area contributed by atoms with E-state index >= 15 is 0 Å². The highest BCUT2D eigenvalue weighted by molar-refractivity contribution is 5.93. The van der Waals surface area contributed by atoms with Crippen LogP contribution in [0.1, 0.15) is 23.1 Å². The van der Waals surface area contributed by atoms with Crippen molar-refractivity contribution in [2.45, 2.75) is 33.2 Å². The summed E-state index contributed by atoms with van der Waals surface area (Å²) in [6.07, 6.45) is 0.982. The molecule has 112 valence electrons. The van der Waals surface area contributed by atoms with Crippen molar-refractivity contribution >= 4 is 24.0 Å². The highest BCUT2D eigenvalue weighted by Gasteiger charge is 2.21. The molecule has 0 aromatic heterocycles. The molecular formula is C15H24ClN3O. The van der Waals surface area contributed by atoms with E-state index in [9.17, 15) is 4.79 Å². The van der Waals surface area contributed by atoms with Crippen molar-refractivity contribution in [2.75, 3.05) is 25.0 Å². The number of halogens is 1. The van der Waals surface area contributed by atoms with Gasteiger partial charge in [0.1, 0.15) is 0 Å². The SMILES string of the molecule is Cc1cc(C)c(NC(=O)CN2CCC(N)C2)c(C)c1.Cl. The van der Waals surface area contributed by atoms with Crippen molar-refractivity contribution in [3.8, 4) is 0 Å². The molecular weight excluding hydrogens is 274 g/mol. The lowest BCUT2D eigenvalue weighted by molar-refractivity contribution is -0.117. The maximum Gasteiger partial charge on any atom is 0.238 e. The maximum atomic E-state index is 12.1. The molecule has 1 amide bonds. The Balaban J connectivity index is 0.00000200. The average Bonchev–Trinajstić information content (AvgIpc) is 2.69. The van der Waals surface area contributed by atoms with Crippen LogP contribution < -0.4 is 11.1 Å². The van der Waals surface area contributed by atoms with Crippen molar-refractivity contribution < 1.29 is 4.79 Å². The zero-order valence-corrected chi connectivity index (χ0v) is 13.2. The molecule has 20 heavy (non-hydrogen) atoms. The van der Waals surface area contributed by atoms with Crippen molar-refractivity contribution in [1.29, 1.82) is 0 Å². The summed E-state index contributed by atoms with van der Waals surface area (Å²) in [5.74, 6) is 0.0455. The number of nitrogens with zero attached hydrogens (tertiary/aromatic N) is 1. The first-order chi connectivity index (χ1) is 8.95.